The molecule has 23 heavy (non-hydrogen) atoms. The first-order valence-corrected chi connectivity index (χ1v) is 9.37. The summed E-state index contributed by atoms with van der Waals surface area (Å²) in [5, 5.41) is 0. The van der Waals surface area contributed by atoms with Crippen LogP contribution in [-0.2, 0) is 0 Å². The molecule has 0 spiro atoms. The number of allylic oxidation sites excluding steroid dienone is 1. The summed E-state index contributed by atoms with van der Waals surface area (Å²) in [5.74, 6) is 2.38. The molecule has 2 unspecified atom stereocenters. The highest BCUT2D eigenvalue weighted by molar-refractivity contribution is 5.68. The molecule has 1 saturated carbocycles. The Hall–Kier alpha value is -1.37. The largest absolute Gasteiger partial charge is 0.269 e. The van der Waals surface area contributed by atoms with Crippen LogP contribution in [0.3, 0.4) is 0 Å². The zero-order valence-electron chi connectivity index (χ0n) is 15.4. The fraction of sp³-hybridized carbons (Fsp3) is 0.591. The van der Waals surface area contributed by atoms with E-state index in [1.165, 1.54) is 55.2 Å². The van der Waals surface area contributed by atoms with E-state index in [-0.39, 0.29) is 0 Å². The van der Waals surface area contributed by atoms with Crippen LogP contribution in [0.25, 0.3) is 5.57 Å². The third kappa shape index (κ3) is 5.06. The lowest BCUT2D eigenvalue weighted by Gasteiger charge is -2.30. The van der Waals surface area contributed by atoms with E-state index in [0.717, 1.165) is 11.8 Å². The third-order valence-electron chi connectivity index (χ3n) is 5.51. The molecule has 0 N–H and O–H groups in total. The molecular weight excluding hydrogens is 278 g/mol. The van der Waals surface area contributed by atoms with Gasteiger partial charge in [0.05, 0.1) is 0 Å². The Morgan fingerprint density at radius 3 is 2.57 bits per heavy atom. The van der Waals surface area contributed by atoms with Crippen molar-refractivity contribution in [1.29, 1.82) is 0 Å². The van der Waals surface area contributed by atoms with Crippen LogP contribution in [0.15, 0.2) is 35.5 Å². The number of nitrogens with zero attached hydrogens (tertiary/aromatic N) is 1. The summed E-state index contributed by atoms with van der Waals surface area (Å²) in [5.41, 5.74) is 4.10. The maximum Gasteiger partial charge on any atom is 0.0299 e. The molecule has 1 aliphatic carbocycles. The number of aliphatic imine (C=N–C) groups is 1. The summed E-state index contributed by atoms with van der Waals surface area (Å²) in [6, 6.07) is 8.87. The van der Waals surface area contributed by atoms with Crippen LogP contribution in [0, 0.1) is 11.8 Å². The molecule has 1 aliphatic rings. The Labute approximate surface area is 142 Å². The molecule has 1 aromatic carbocycles. The van der Waals surface area contributed by atoms with Crippen LogP contribution in [-0.4, -0.2) is 6.21 Å². The molecule has 0 amide bonds. The lowest BCUT2D eigenvalue weighted by Crippen LogP contribution is -2.17. The van der Waals surface area contributed by atoms with Gasteiger partial charge in [0.25, 0.3) is 0 Å². The molecule has 0 radical (unpaired) electrons. The molecule has 0 heterocycles. The van der Waals surface area contributed by atoms with Crippen LogP contribution < -0.4 is 0 Å². The zero-order chi connectivity index (χ0) is 16.7. The number of benzene rings is 1. The van der Waals surface area contributed by atoms with Crippen molar-refractivity contribution in [1.82, 2.24) is 0 Å². The van der Waals surface area contributed by atoms with E-state index in [9.17, 15) is 0 Å². The summed E-state index contributed by atoms with van der Waals surface area (Å²) >= 11 is 0. The predicted octanol–water partition coefficient (Wildman–Crippen LogP) is 6.85. The van der Waals surface area contributed by atoms with Gasteiger partial charge in [-0.2, -0.15) is 0 Å². The molecule has 126 valence electrons. The van der Waals surface area contributed by atoms with Crippen molar-refractivity contribution < 1.29 is 0 Å². The lowest BCUT2D eigenvalue weighted by atomic mass is 9.76. The zero-order valence-corrected chi connectivity index (χ0v) is 15.4. The summed E-state index contributed by atoms with van der Waals surface area (Å²) < 4.78 is 0. The Kier molecular flexibility index (Phi) is 7.08. The van der Waals surface area contributed by atoms with Gasteiger partial charge in [-0.25, -0.2) is 0 Å². The minimum atomic E-state index is 0.608. The predicted molar refractivity (Wildman–Crippen MR) is 103 cm³/mol. The second-order valence-corrected chi connectivity index (χ2v) is 7.32. The smallest absolute Gasteiger partial charge is 0.0299 e. The maximum atomic E-state index is 4.30. The molecule has 1 heteroatoms. The van der Waals surface area contributed by atoms with E-state index in [4.69, 9.17) is 0 Å². The quantitative estimate of drug-likeness (QED) is 0.509. The van der Waals surface area contributed by atoms with Gasteiger partial charge in [0.15, 0.2) is 0 Å². The Morgan fingerprint density at radius 1 is 1.17 bits per heavy atom. The highest BCUT2D eigenvalue weighted by Crippen LogP contribution is 2.37. The van der Waals surface area contributed by atoms with Crippen molar-refractivity contribution in [2.24, 2.45) is 16.8 Å². The average molecular weight is 312 g/mol. The Balaban J connectivity index is 2.11. The van der Waals surface area contributed by atoms with Gasteiger partial charge >= 0.3 is 0 Å². The van der Waals surface area contributed by atoms with Crippen LogP contribution in [0.2, 0.25) is 0 Å². The minimum absolute atomic E-state index is 0.608. The molecule has 1 fully saturated rings. The first-order chi connectivity index (χ1) is 11.1. The molecular formula is C22H33N. The van der Waals surface area contributed by atoms with Gasteiger partial charge in [0.1, 0.15) is 0 Å². The van der Waals surface area contributed by atoms with Gasteiger partial charge in [-0.3, -0.25) is 4.99 Å². The maximum absolute atomic E-state index is 4.30. The van der Waals surface area contributed by atoms with Crippen LogP contribution in [0.4, 0.5) is 0 Å². The van der Waals surface area contributed by atoms with Crippen LogP contribution >= 0.6 is 0 Å². The van der Waals surface area contributed by atoms with E-state index in [1.807, 2.05) is 19.3 Å². The van der Waals surface area contributed by atoms with E-state index < -0.39 is 0 Å². The van der Waals surface area contributed by atoms with E-state index in [1.54, 1.807) is 0 Å². The van der Waals surface area contributed by atoms with Gasteiger partial charge in [0, 0.05) is 12.4 Å². The van der Waals surface area contributed by atoms with Crippen molar-refractivity contribution in [3.05, 3.63) is 41.6 Å². The second kappa shape index (κ2) is 9.05. The van der Waals surface area contributed by atoms with E-state index >= 15 is 0 Å². The van der Waals surface area contributed by atoms with Crippen molar-refractivity contribution in [3.8, 4) is 0 Å². The summed E-state index contributed by atoms with van der Waals surface area (Å²) in [7, 11) is 0. The Bertz CT molecular complexity index is 535. The van der Waals surface area contributed by atoms with Crippen LogP contribution in [0.1, 0.15) is 83.3 Å². The highest BCUT2D eigenvalue weighted by atomic mass is 14.7. The molecule has 2 atom stereocenters. The fourth-order valence-corrected chi connectivity index (χ4v) is 4.12. The molecule has 0 aromatic heterocycles. The first kappa shape index (κ1) is 18.0. The van der Waals surface area contributed by atoms with Gasteiger partial charge < -0.3 is 0 Å². The van der Waals surface area contributed by atoms with Crippen molar-refractivity contribution in [3.63, 3.8) is 0 Å². The van der Waals surface area contributed by atoms with Crippen molar-refractivity contribution >= 4 is 11.8 Å². The lowest BCUT2D eigenvalue weighted by molar-refractivity contribution is 0.244. The molecule has 0 aliphatic heterocycles. The van der Waals surface area contributed by atoms with E-state index in [0.29, 0.717) is 5.92 Å². The number of rotatable bonds is 6. The second-order valence-electron chi connectivity index (χ2n) is 7.32. The monoisotopic (exact) mass is 311 g/mol. The van der Waals surface area contributed by atoms with E-state index in [2.05, 4.69) is 50.0 Å². The summed E-state index contributed by atoms with van der Waals surface area (Å²) in [4.78, 5) is 4.30. The Morgan fingerprint density at radius 2 is 1.87 bits per heavy atom. The van der Waals surface area contributed by atoms with Gasteiger partial charge in [-0.1, -0.05) is 70.2 Å². The average Bonchev–Trinajstić information content (AvgIpc) is 2.60. The van der Waals surface area contributed by atoms with Gasteiger partial charge in [-0.15, -0.1) is 0 Å². The number of hydrogen-bond acceptors (Lipinski definition) is 1. The third-order valence-corrected chi connectivity index (χ3v) is 5.51. The topological polar surface area (TPSA) is 12.4 Å². The first-order valence-electron chi connectivity index (χ1n) is 9.37. The van der Waals surface area contributed by atoms with Gasteiger partial charge in [-0.05, 0) is 54.7 Å². The van der Waals surface area contributed by atoms with Crippen LogP contribution in [0.5, 0.6) is 0 Å². The molecule has 1 nitrogen and oxygen atoms in total. The molecule has 0 bridgehead atoms. The SMILES string of the molecule is CC=N/C=C(\C)c1ccccc1C(C)CC(C)C1CCCCC1. The standard InChI is InChI=1S/C22H33N/c1-5-23-16-19(4)22-14-10-9-13-21(22)18(3)15-17(2)20-11-7-6-8-12-20/h5,9-10,13-14,16-18,20H,6-8,11-12,15H2,1-4H3/b19-16+,23-5?. The highest BCUT2D eigenvalue weighted by Gasteiger charge is 2.23. The van der Waals surface area contributed by atoms with Crippen molar-refractivity contribution in [2.45, 2.75) is 72.1 Å². The normalized spacial score (nSPS) is 19.9. The molecule has 2 rings (SSSR count). The van der Waals surface area contributed by atoms with Gasteiger partial charge in [0.2, 0.25) is 0 Å². The fourth-order valence-electron chi connectivity index (χ4n) is 4.12. The number of hydrogen-bond donors (Lipinski definition) is 0. The van der Waals surface area contributed by atoms with Crippen molar-refractivity contribution in [2.75, 3.05) is 0 Å². The molecule has 0 saturated heterocycles. The summed E-state index contributed by atoms with van der Waals surface area (Å²) in [6.07, 6.45) is 12.3. The minimum Gasteiger partial charge on any atom is -0.269 e. The molecule has 1 aromatic rings. The summed E-state index contributed by atoms with van der Waals surface area (Å²) in [6.45, 7) is 9.00.